The van der Waals surface area contributed by atoms with E-state index >= 15 is 0 Å². The Balaban J connectivity index is 2.50. The maximum atomic E-state index is 10.9. The number of phenols is 1. The first kappa shape index (κ1) is 7.16. The van der Waals surface area contributed by atoms with Crippen LogP contribution in [0, 0.1) is 6.07 Å². The molecule has 0 saturated carbocycles. The Morgan fingerprint density at radius 3 is 3.17 bits per heavy atom. The van der Waals surface area contributed by atoms with Gasteiger partial charge in [0.2, 0.25) is 5.91 Å². The first-order chi connectivity index (χ1) is 5.77. The number of rotatable bonds is 0. The van der Waals surface area contributed by atoms with E-state index < -0.39 is 0 Å². The van der Waals surface area contributed by atoms with Crippen LogP contribution in [0.1, 0.15) is 12.0 Å². The van der Waals surface area contributed by atoms with Crippen molar-refractivity contribution in [2.45, 2.75) is 12.8 Å². The van der Waals surface area contributed by atoms with Gasteiger partial charge in [0.1, 0.15) is 5.75 Å². The first-order valence-electron chi connectivity index (χ1n) is 3.80. The zero-order valence-electron chi connectivity index (χ0n) is 6.42. The van der Waals surface area contributed by atoms with E-state index in [4.69, 9.17) is 0 Å². The normalized spacial score (nSPS) is 15.2. The molecule has 2 N–H and O–H groups in total. The van der Waals surface area contributed by atoms with E-state index in [0.717, 1.165) is 5.56 Å². The molecule has 1 heterocycles. The molecule has 0 unspecified atom stereocenters. The van der Waals surface area contributed by atoms with Crippen LogP contribution in [0.4, 0.5) is 5.69 Å². The average molecular weight is 162 g/mol. The lowest BCUT2D eigenvalue weighted by molar-refractivity contribution is -0.116. The second-order valence-corrected chi connectivity index (χ2v) is 2.76. The molecule has 1 amide bonds. The van der Waals surface area contributed by atoms with Gasteiger partial charge in [0.15, 0.2) is 0 Å². The van der Waals surface area contributed by atoms with Crippen molar-refractivity contribution in [3.8, 4) is 5.75 Å². The minimum Gasteiger partial charge on any atom is -0.506 e. The number of anilines is 1. The number of hydrogen-bond acceptors (Lipinski definition) is 2. The summed E-state index contributed by atoms with van der Waals surface area (Å²) < 4.78 is 0. The molecule has 0 fully saturated rings. The number of hydrogen-bond donors (Lipinski definition) is 2. The number of benzene rings is 1. The molecule has 0 aliphatic carbocycles. The van der Waals surface area contributed by atoms with Gasteiger partial charge in [0.05, 0.1) is 5.69 Å². The largest absolute Gasteiger partial charge is 0.506 e. The van der Waals surface area contributed by atoms with Gasteiger partial charge in [-0.3, -0.25) is 4.79 Å². The highest BCUT2D eigenvalue weighted by molar-refractivity contribution is 5.95. The third-order valence-corrected chi connectivity index (χ3v) is 1.92. The summed E-state index contributed by atoms with van der Waals surface area (Å²) in [4.78, 5) is 10.9. The minimum absolute atomic E-state index is 0.0441. The maximum Gasteiger partial charge on any atom is 0.224 e. The average Bonchev–Trinajstić information content (AvgIpc) is 2.07. The highest BCUT2D eigenvalue weighted by atomic mass is 16.3. The predicted octanol–water partition coefficient (Wildman–Crippen LogP) is 1.08. The number of amides is 1. The van der Waals surface area contributed by atoms with Crippen LogP contribution in [0.15, 0.2) is 12.1 Å². The minimum atomic E-state index is -0.0441. The summed E-state index contributed by atoms with van der Waals surface area (Å²) in [6.07, 6.45) is 1.14. The smallest absolute Gasteiger partial charge is 0.224 e. The van der Waals surface area contributed by atoms with Crippen LogP contribution in [-0.2, 0) is 11.2 Å². The first-order valence-corrected chi connectivity index (χ1v) is 3.80. The van der Waals surface area contributed by atoms with E-state index in [0.29, 0.717) is 18.5 Å². The molecule has 0 spiro atoms. The van der Waals surface area contributed by atoms with Crippen LogP contribution in [0.2, 0.25) is 0 Å². The summed E-state index contributed by atoms with van der Waals surface area (Å²) in [5.41, 5.74) is 1.41. The van der Waals surface area contributed by atoms with Crippen LogP contribution in [0.25, 0.3) is 0 Å². The van der Waals surface area contributed by atoms with Crippen molar-refractivity contribution in [3.63, 3.8) is 0 Å². The fourth-order valence-electron chi connectivity index (χ4n) is 1.31. The van der Waals surface area contributed by atoms with Gasteiger partial charge in [0.25, 0.3) is 0 Å². The van der Waals surface area contributed by atoms with Crippen molar-refractivity contribution in [1.82, 2.24) is 0 Å². The third kappa shape index (κ3) is 1.03. The summed E-state index contributed by atoms with van der Waals surface area (Å²) in [7, 11) is 0. The van der Waals surface area contributed by atoms with Crippen LogP contribution in [0.3, 0.4) is 0 Å². The van der Waals surface area contributed by atoms with Crippen molar-refractivity contribution in [2.75, 3.05) is 5.32 Å². The second-order valence-electron chi connectivity index (χ2n) is 2.76. The number of carbonyl (C=O) groups excluding carboxylic acids is 1. The molecule has 3 nitrogen and oxygen atoms in total. The predicted molar refractivity (Wildman–Crippen MR) is 43.9 cm³/mol. The molecule has 0 saturated heterocycles. The van der Waals surface area contributed by atoms with Crippen LogP contribution < -0.4 is 5.32 Å². The monoisotopic (exact) mass is 162 g/mol. The standard InChI is InChI=1S/C9H8NO2/c11-7-3-1-2-6-4-5-8(12)10-9(6)7/h1,3,11H,4-5H2,(H,10,12). The van der Waals surface area contributed by atoms with Gasteiger partial charge in [-0.2, -0.15) is 0 Å². The summed E-state index contributed by atoms with van der Waals surface area (Å²) in [5, 5.41) is 11.9. The lowest BCUT2D eigenvalue weighted by Crippen LogP contribution is -2.18. The molecule has 0 bridgehead atoms. The number of carbonyl (C=O) groups is 1. The third-order valence-electron chi connectivity index (χ3n) is 1.92. The molecule has 1 aliphatic rings. The summed E-state index contributed by atoms with van der Waals surface area (Å²) in [6, 6.07) is 6.15. The number of aromatic hydroxyl groups is 1. The second kappa shape index (κ2) is 2.52. The Morgan fingerprint density at radius 2 is 2.33 bits per heavy atom. The van der Waals surface area contributed by atoms with Crippen molar-refractivity contribution >= 4 is 11.6 Å². The molecule has 1 aromatic carbocycles. The topological polar surface area (TPSA) is 49.3 Å². The highest BCUT2D eigenvalue weighted by Crippen LogP contribution is 2.30. The van der Waals surface area contributed by atoms with Crippen molar-refractivity contribution in [2.24, 2.45) is 0 Å². The van der Waals surface area contributed by atoms with Gasteiger partial charge in [-0.25, -0.2) is 0 Å². The molecule has 2 rings (SSSR count). The van der Waals surface area contributed by atoms with Gasteiger partial charge in [-0.1, -0.05) is 6.07 Å². The Labute approximate surface area is 70.0 Å². The molecule has 1 aromatic rings. The molecule has 0 aromatic heterocycles. The molecule has 0 atom stereocenters. The molecule has 61 valence electrons. The Bertz CT molecular complexity index is 333. The fourth-order valence-corrected chi connectivity index (χ4v) is 1.31. The van der Waals surface area contributed by atoms with E-state index in [1.165, 1.54) is 6.07 Å². The van der Waals surface area contributed by atoms with E-state index in [2.05, 4.69) is 11.4 Å². The summed E-state index contributed by atoms with van der Waals surface area (Å²) >= 11 is 0. The van der Waals surface area contributed by atoms with Gasteiger partial charge >= 0.3 is 0 Å². The van der Waals surface area contributed by atoms with Crippen LogP contribution in [-0.4, -0.2) is 11.0 Å². The number of fused-ring (bicyclic) bond motifs is 1. The summed E-state index contributed by atoms with van der Waals surface area (Å²) in [6.45, 7) is 0. The Hall–Kier alpha value is -1.51. The number of aryl methyl sites for hydroxylation is 1. The van der Waals surface area contributed by atoms with Gasteiger partial charge in [0, 0.05) is 6.42 Å². The van der Waals surface area contributed by atoms with Gasteiger partial charge < -0.3 is 10.4 Å². The lowest BCUT2D eigenvalue weighted by atomic mass is 10.0. The molecular weight excluding hydrogens is 154 g/mol. The molecule has 1 radical (unpaired) electrons. The quantitative estimate of drug-likeness (QED) is 0.561. The zero-order valence-corrected chi connectivity index (χ0v) is 6.42. The van der Waals surface area contributed by atoms with E-state index in [1.807, 2.05) is 0 Å². The van der Waals surface area contributed by atoms with E-state index in [1.54, 1.807) is 6.07 Å². The zero-order chi connectivity index (χ0) is 8.55. The van der Waals surface area contributed by atoms with Gasteiger partial charge in [-0.05, 0) is 24.1 Å². The number of nitrogens with one attached hydrogen (secondary N) is 1. The Kier molecular flexibility index (Phi) is 1.50. The fraction of sp³-hybridized carbons (Fsp3) is 0.222. The maximum absolute atomic E-state index is 10.9. The van der Waals surface area contributed by atoms with Crippen molar-refractivity contribution in [1.29, 1.82) is 0 Å². The SMILES string of the molecule is O=C1CCc2[c]ccc(O)c2N1. The lowest BCUT2D eigenvalue weighted by Gasteiger charge is -2.16. The van der Waals surface area contributed by atoms with E-state index in [9.17, 15) is 9.90 Å². The van der Waals surface area contributed by atoms with Crippen LogP contribution >= 0.6 is 0 Å². The molecule has 1 aliphatic heterocycles. The van der Waals surface area contributed by atoms with Gasteiger partial charge in [-0.15, -0.1) is 0 Å². The van der Waals surface area contributed by atoms with Crippen molar-refractivity contribution in [3.05, 3.63) is 23.8 Å². The van der Waals surface area contributed by atoms with E-state index in [-0.39, 0.29) is 11.7 Å². The molecular formula is C9H8NO2. The summed E-state index contributed by atoms with van der Waals surface area (Å²) in [5.74, 6) is 0.0780. The molecule has 12 heavy (non-hydrogen) atoms. The van der Waals surface area contributed by atoms with Crippen LogP contribution in [0.5, 0.6) is 5.75 Å². The highest BCUT2D eigenvalue weighted by Gasteiger charge is 2.16. The number of phenolic OH excluding ortho intramolecular Hbond substituents is 1. The van der Waals surface area contributed by atoms with Crippen molar-refractivity contribution < 1.29 is 9.90 Å². The molecule has 3 heteroatoms. The Morgan fingerprint density at radius 1 is 1.50 bits per heavy atom.